The summed E-state index contributed by atoms with van der Waals surface area (Å²) in [5, 5.41) is 7.72. The van der Waals surface area contributed by atoms with Crippen LogP contribution in [0.4, 0.5) is 11.4 Å². The van der Waals surface area contributed by atoms with Gasteiger partial charge >= 0.3 is 0 Å². The molecular formula is C22H23N3O2. The Morgan fingerprint density at radius 1 is 1.11 bits per heavy atom. The Balaban J connectivity index is 1.54. The van der Waals surface area contributed by atoms with Crippen LogP contribution in [-0.4, -0.2) is 30.6 Å². The summed E-state index contributed by atoms with van der Waals surface area (Å²) in [7, 11) is 0. The Kier molecular flexibility index (Phi) is 3.90. The molecule has 3 heterocycles. The second-order valence-corrected chi connectivity index (χ2v) is 7.21. The first-order valence-electron chi connectivity index (χ1n) is 9.70. The van der Waals surface area contributed by atoms with Crippen molar-refractivity contribution in [3.05, 3.63) is 59.2 Å². The highest BCUT2D eigenvalue weighted by molar-refractivity contribution is 6.36. The zero-order valence-electron chi connectivity index (χ0n) is 15.5. The smallest absolute Gasteiger partial charge is 0.260 e. The topological polar surface area (TPSA) is 44.8 Å². The number of fused-ring (bicyclic) bond motifs is 2. The predicted molar refractivity (Wildman–Crippen MR) is 107 cm³/mol. The van der Waals surface area contributed by atoms with Crippen molar-refractivity contribution in [3.8, 4) is 0 Å². The number of anilines is 2. The molecule has 1 N–H and O–H groups in total. The monoisotopic (exact) mass is 361 g/mol. The molecule has 5 rings (SSSR count). The molecule has 2 aromatic carbocycles. The van der Waals surface area contributed by atoms with Crippen LogP contribution in [0, 0.1) is 0 Å². The second-order valence-electron chi connectivity index (χ2n) is 7.21. The molecule has 5 nitrogen and oxygen atoms in total. The summed E-state index contributed by atoms with van der Waals surface area (Å²) in [6.45, 7) is 5.88. The highest BCUT2D eigenvalue weighted by Crippen LogP contribution is 2.42. The maximum absolute atomic E-state index is 12.6. The first kappa shape index (κ1) is 16.4. The van der Waals surface area contributed by atoms with E-state index in [0.717, 1.165) is 42.0 Å². The Morgan fingerprint density at radius 2 is 1.93 bits per heavy atom. The van der Waals surface area contributed by atoms with Gasteiger partial charge < -0.3 is 15.1 Å². The van der Waals surface area contributed by atoms with Gasteiger partial charge in [0.25, 0.3) is 5.91 Å². The first-order chi connectivity index (χ1) is 13.3. The van der Waals surface area contributed by atoms with Crippen LogP contribution in [0.15, 0.2) is 42.5 Å². The van der Waals surface area contributed by atoms with Gasteiger partial charge in [0.15, 0.2) is 0 Å². The van der Waals surface area contributed by atoms with E-state index in [1.165, 1.54) is 18.5 Å². The number of hydrazine groups is 1. The summed E-state index contributed by atoms with van der Waals surface area (Å²) in [6, 6.07) is 14.2. The maximum atomic E-state index is 12.6. The van der Waals surface area contributed by atoms with Crippen LogP contribution in [0.25, 0.3) is 11.3 Å². The summed E-state index contributed by atoms with van der Waals surface area (Å²) in [6.07, 6.45) is 2.52. The molecule has 5 heteroatoms. The Labute approximate surface area is 159 Å². The minimum Gasteiger partial charge on any atom is -0.487 e. The Bertz CT molecular complexity index is 944. The number of ether oxygens (including phenoxy) is 1. The molecule has 1 fully saturated rings. The van der Waals surface area contributed by atoms with Gasteiger partial charge in [-0.2, -0.15) is 0 Å². The van der Waals surface area contributed by atoms with Crippen LogP contribution in [-0.2, 0) is 16.1 Å². The van der Waals surface area contributed by atoms with Crippen molar-refractivity contribution in [2.45, 2.75) is 26.4 Å². The van der Waals surface area contributed by atoms with Crippen LogP contribution in [0.5, 0.6) is 0 Å². The Hall–Kier alpha value is -2.79. The van der Waals surface area contributed by atoms with Crippen molar-refractivity contribution in [2.75, 3.05) is 30.0 Å². The quantitative estimate of drug-likeness (QED) is 0.843. The van der Waals surface area contributed by atoms with Gasteiger partial charge in [-0.05, 0) is 44.0 Å². The lowest BCUT2D eigenvalue weighted by Crippen LogP contribution is -2.40. The van der Waals surface area contributed by atoms with E-state index in [1.54, 1.807) is 0 Å². The molecule has 2 aromatic rings. The molecule has 3 aliphatic heterocycles. The number of nitrogens with one attached hydrogen (secondary N) is 1. The van der Waals surface area contributed by atoms with E-state index in [-0.39, 0.29) is 5.91 Å². The molecule has 3 aliphatic rings. The lowest BCUT2D eigenvalue weighted by atomic mass is 10.00. The first-order valence-corrected chi connectivity index (χ1v) is 9.70. The van der Waals surface area contributed by atoms with Crippen molar-refractivity contribution in [2.24, 2.45) is 0 Å². The molecule has 0 aromatic heterocycles. The lowest BCUT2D eigenvalue weighted by molar-refractivity contribution is -0.110. The van der Waals surface area contributed by atoms with Crippen LogP contribution in [0.1, 0.15) is 36.5 Å². The van der Waals surface area contributed by atoms with Gasteiger partial charge in [0.1, 0.15) is 12.4 Å². The fourth-order valence-electron chi connectivity index (χ4n) is 4.35. The number of para-hydroxylation sites is 1. The third-order valence-corrected chi connectivity index (χ3v) is 5.63. The molecule has 0 aliphatic carbocycles. The van der Waals surface area contributed by atoms with Crippen molar-refractivity contribution in [3.63, 3.8) is 0 Å². The van der Waals surface area contributed by atoms with Crippen LogP contribution in [0.3, 0.4) is 0 Å². The van der Waals surface area contributed by atoms with E-state index in [4.69, 9.17) is 4.74 Å². The zero-order valence-corrected chi connectivity index (χ0v) is 15.5. The van der Waals surface area contributed by atoms with Gasteiger partial charge in [-0.1, -0.05) is 18.2 Å². The van der Waals surface area contributed by atoms with E-state index in [2.05, 4.69) is 40.5 Å². The van der Waals surface area contributed by atoms with E-state index in [0.29, 0.717) is 17.9 Å². The van der Waals surface area contributed by atoms with Gasteiger partial charge in [-0.3, -0.25) is 4.79 Å². The maximum Gasteiger partial charge on any atom is 0.260 e. The molecule has 27 heavy (non-hydrogen) atoms. The zero-order chi connectivity index (χ0) is 18.4. The summed E-state index contributed by atoms with van der Waals surface area (Å²) < 4.78 is 6.02. The largest absolute Gasteiger partial charge is 0.487 e. The average Bonchev–Trinajstić information content (AvgIpc) is 3.40. The number of amides is 1. The average molecular weight is 361 g/mol. The number of carbonyl (C=O) groups is 1. The minimum absolute atomic E-state index is 0.0876. The van der Waals surface area contributed by atoms with E-state index in [9.17, 15) is 4.79 Å². The number of rotatable bonds is 3. The Morgan fingerprint density at radius 3 is 2.74 bits per heavy atom. The van der Waals surface area contributed by atoms with Crippen molar-refractivity contribution in [1.29, 1.82) is 0 Å². The standard InChI is InChI=1S/C22H23N3O2/c1-2-25(24-11-5-6-12-24)16-9-10-17-15(13-16)14-27-21(17)20-18-7-3-4-8-19(18)23-22(20)26/h3-4,7-10,13H,2,5-6,11-12,14H2,1H3,(H,23,26). The molecule has 0 radical (unpaired) electrons. The molecule has 138 valence electrons. The summed E-state index contributed by atoms with van der Waals surface area (Å²) in [4.78, 5) is 12.6. The fraction of sp³-hybridized carbons (Fsp3) is 0.318. The molecular weight excluding hydrogens is 338 g/mol. The van der Waals surface area contributed by atoms with Crippen LogP contribution >= 0.6 is 0 Å². The highest BCUT2D eigenvalue weighted by atomic mass is 16.5. The molecule has 0 saturated carbocycles. The summed E-state index contributed by atoms with van der Waals surface area (Å²) in [5.41, 5.74) is 5.78. The van der Waals surface area contributed by atoms with Gasteiger partial charge in [-0.15, -0.1) is 0 Å². The van der Waals surface area contributed by atoms with Crippen molar-refractivity contribution in [1.82, 2.24) is 5.01 Å². The number of hydrogen-bond donors (Lipinski definition) is 1. The predicted octanol–water partition coefficient (Wildman–Crippen LogP) is 3.87. The van der Waals surface area contributed by atoms with Crippen molar-refractivity contribution < 1.29 is 9.53 Å². The normalized spacial score (nSPS) is 21.0. The van der Waals surface area contributed by atoms with Gasteiger partial charge in [0, 0.05) is 42.0 Å². The molecule has 0 spiro atoms. The number of carbonyl (C=O) groups excluding carboxylic acids is 1. The van der Waals surface area contributed by atoms with E-state index in [1.807, 2.05) is 24.3 Å². The van der Waals surface area contributed by atoms with Crippen LogP contribution in [0.2, 0.25) is 0 Å². The molecule has 1 amide bonds. The van der Waals surface area contributed by atoms with Gasteiger partial charge in [0.05, 0.1) is 11.3 Å². The third kappa shape index (κ3) is 2.61. The van der Waals surface area contributed by atoms with Gasteiger partial charge in [-0.25, -0.2) is 5.01 Å². The third-order valence-electron chi connectivity index (χ3n) is 5.63. The second kappa shape index (κ2) is 6.43. The molecule has 0 atom stereocenters. The molecule has 1 saturated heterocycles. The summed E-state index contributed by atoms with van der Waals surface area (Å²) >= 11 is 0. The highest BCUT2D eigenvalue weighted by Gasteiger charge is 2.32. The fourth-order valence-corrected chi connectivity index (χ4v) is 4.35. The number of nitrogens with zero attached hydrogens (tertiary/aromatic N) is 2. The van der Waals surface area contributed by atoms with Crippen LogP contribution < -0.4 is 10.3 Å². The van der Waals surface area contributed by atoms with Crippen molar-refractivity contribution >= 4 is 28.6 Å². The lowest BCUT2D eigenvalue weighted by Gasteiger charge is -2.32. The summed E-state index contributed by atoms with van der Waals surface area (Å²) in [5.74, 6) is 0.610. The molecule has 0 bridgehead atoms. The minimum atomic E-state index is -0.0876. The number of benzene rings is 2. The van der Waals surface area contributed by atoms with Gasteiger partial charge in [0.2, 0.25) is 0 Å². The van der Waals surface area contributed by atoms with E-state index >= 15 is 0 Å². The molecule has 0 unspecified atom stereocenters. The SMILES string of the molecule is CCN(c1ccc2c(c1)COC2=C1C(=O)Nc2ccccc21)N1CCCC1. The van der Waals surface area contributed by atoms with E-state index < -0.39 is 0 Å². The number of hydrogen-bond acceptors (Lipinski definition) is 4.